The summed E-state index contributed by atoms with van der Waals surface area (Å²) in [4.78, 5) is 40.4. The normalized spacial score (nSPS) is 20.5. The van der Waals surface area contributed by atoms with Gasteiger partial charge in [0.25, 0.3) is 5.91 Å². The highest BCUT2D eigenvalue weighted by Gasteiger charge is 2.42. The lowest BCUT2D eigenvalue weighted by Gasteiger charge is -2.21. The molecule has 164 valence electrons. The summed E-state index contributed by atoms with van der Waals surface area (Å²) in [6.07, 6.45) is 2.15. The molecule has 1 N–H and O–H groups in total. The summed E-state index contributed by atoms with van der Waals surface area (Å²) in [6, 6.07) is 9.60. The smallest absolute Gasteiger partial charge is 0.276 e. The van der Waals surface area contributed by atoms with Crippen molar-refractivity contribution in [2.45, 2.75) is 38.1 Å². The van der Waals surface area contributed by atoms with Crippen LogP contribution < -0.4 is 5.32 Å². The number of hydrogen-bond donors (Lipinski definition) is 1. The molecule has 2 fully saturated rings. The van der Waals surface area contributed by atoms with Gasteiger partial charge in [-0.05, 0) is 24.0 Å². The lowest BCUT2D eigenvalue weighted by atomic mass is 9.87. The summed E-state index contributed by atoms with van der Waals surface area (Å²) >= 11 is 0. The number of hydrogen-bond acceptors (Lipinski definition) is 5. The zero-order chi connectivity index (χ0) is 22.1. The van der Waals surface area contributed by atoms with Crippen molar-refractivity contribution in [2.75, 3.05) is 27.2 Å². The third-order valence-corrected chi connectivity index (χ3v) is 6.04. The fourth-order valence-electron chi connectivity index (χ4n) is 4.11. The van der Waals surface area contributed by atoms with Crippen molar-refractivity contribution in [2.24, 2.45) is 5.92 Å². The molecule has 31 heavy (non-hydrogen) atoms. The van der Waals surface area contributed by atoms with Crippen LogP contribution in [0.5, 0.6) is 0 Å². The van der Waals surface area contributed by atoms with Crippen LogP contribution in [0.1, 0.15) is 59.0 Å². The molecule has 1 aromatic carbocycles. The maximum Gasteiger partial charge on any atom is 0.276 e. The van der Waals surface area contributed by atoms with Gasteiger partial charge in [-0.1, -0.05) is 29.4 Å². The molecule has 2 atom stereocenters. The van der Waals surface area contributed by atoms with Gasteiger partial charge in [0.15, 0.2) is 5.69 Å². The highest BCUT2D eigenvalue weighted by Crippen LogP contribution is 2.40. The van der Waals surface area contributed by atoms with Gasteiger partial charge in [-0.15, -0.1) is 0 Å². The quantitative estimate of drug-likeness (QED) is 0.766. The molecule has 0 radical (unpaired) electrons. The Kier molecular flexibility index (Phi) is 5.80. The summed E-state index contributed by atoms with van der Waals surface area (Å²) in [5.74, 6) is 0.453. The molecule has 0 spiro atoms. The average molecular weight is 425 g/mol. The van der Waals surface area contributed by atoms with E-state index in [-0.39, 0.29) is 29.6 Å². The lowest BCUT2D eigenvalue weighted by Crippen LogP contribution is -2.35. The van der Waals surface area contributed by atoms with Crippen LogP contribution in [0.3, 0.4) is 0 Å². The molecule has 2 aliphatic rings. The number of likely N-dealkylation sites (tertiary alicyclic amines) is 1. The number of rotatable bonds is 6. The second-order valence-electron chi connectivity index (χ2n) is 8.70. The molecule has 8 heteroatoms. The van der Waals surface area contributed by atoms with Crippen molar-refractivity contribution in [1.82, 2.24) is 20.3 Å². The van der Waals surface area contributed by atoms with E-state index in [1.165, 1.54) is 6.92 Å². The second kappa shape index (κ2) is 8.53. The third-order valence-electron chi connectivity index (χ3n) is 6.04. The molecule has 2 heterocycles. The van der Waals surface area contributed by atoms with Gasteiger partial charge >= 0.3 is 0 Å². The standard InChI is InChI=1S/C23H28N4O4/c1-14(28)24-11-15-4-6-16(7-5-15)18-12-27(13-19(18)22(29)26(2)3)23(30)20-10-21(31-25-20)17-8-9-17/h4-7,10,17-19H,8-9,11-13H2,1-3H3,(H,24,28)/t18-,19+/m1/s1. The van der Waals surface area contributed by atoms with Crippen LogP contribution in [0.4, 0.5) is 0 Å². The summed E-state index contributed by atoms with van der Waals surface area (Å²) < 4.78 is 5.34. The molecule has 3 amide bonds. The van der Waals surface area contributed by atoms with Gasteiger partial charge in [0.1, 0.15) is 5.76 Å². The molecule has 0 unspecified atom stereocenters. The lowest BCUT2D eigenvalue weighted by molar-refractivity contribution is -0.132. The molecular weight excluding hydrogens is 396 g/mol. The number of nitrogens with zero attached hydrogens (tertiary/aromatic N) is 3. The zero-order valence-electron chi connectivity index (χ0n) is 18.1. The Bertz CT molecular complexity index is 978. The van der Waals surface area contributed by atoms with Gasteiger partial charge < -0.3 is 19.6 Å². The minimum absolute atomic E-state index is 0.00134. The topological polar surface area (TPSA) is 95.7 Å². The first-order valence-corrected chi connectivity index (χ1v) is 10.6. The molecule has 1 saturated carbocycles. The summed E-state index contributed by atoms with van der Waals surface area (Å²) in [5.41, 5.74) is 2.29. The third kappa shape index (κ3) is 4.62. The first-order valence-electron chi connectivity index (χ1n) is 10.6. The monoisotopic (exact) mass is 424 g/mol. The Morgan fingerprint density at radius 3 is 2.48 bits per heavy atom. The van der Waals surface area contributed by atoms with Crippen molar-refractivity contribution in [3.8, 4) is 0 Å². The number of aromatic nitrogens is 1. The van der Waals surface area contributed by atoms with E-state index in [1.807, 2.05) is 24.3 Å². The largest absolute Gasteiger partial charge is 0.360 e. The minimum Gasteiger partial charge on any atom is -0.360 e. The van der Waals surface area contributed by atoms with E-state index < -0.39 is 0 Å². The van der Waals surface area contributed by atoms with Crippen molar-refractivity contribution in [3.63, 3.8) is 0 Å². The van der Waals surface area contributed by atoms with E-state index in [4.69, 9.17) is 4.52 Å². The van der Waals surface area contributed by atoms with Gasteiger partial charge in [-0.2, -0.15) is 0 Å². The number of benzene rings is 1. The molecule has 1 aliphatic carbocycles. The Labute approximate surface area is 181 Å². The maximum absolute atomic E-state index is 13.1. The zero-order valence-corrected chi connectivity index (χ0v) is 18.1. The Morgan fingerprint density at radius 2 is 1.87 bits per heavy atom. The van der Waals surface area contributed by atoms with Crippen molar-refractivity contribution in [1.29, 1.82) is 0 Å². The van der Waals surface area contributed by atoms with E-state index in [0.29, 0.717) is 31.2 Å². The Hall–Kier alpha value is -3.16. The number of carbonyl (C=O) groups excluding carboxylic acids is 3. The minimum atomic E-state index is -0.324. The number of amides is 3. The van der Waals surface area contributed by atoms with Crippen LogP contribution in [-0.4, -0.2) is 59.9 Å². The summed E-state index contributed by atoms with van der Waals surface area (Å²) in [7, 11) is 3.47. The van der Waals surface area contributed by atoms with Crippen LogP contribution in [0.2, 0.25) is 0 Å². The van der Waals surface area contributed by atoms with E-state index in [9.17, 15) is 14.4 Å². The van der Waals surface area contributed by atoms with Gasteiger partial charge in [-0.3, -0.25) is 14.4 Å². The van der Waals surface area contributed by atoms with Crippen LogP contribution >= 0.6 is 0 Å². The fraction of sp³-hybridized carbons (Fsp3) is 0.478. The van der Waals surface area contributed by atoms with Crippen LogP contribution in [-0.2, 0) is 16.1 Å². The highest BCUT2D eigenvalue weighted by atomic mass is 16.5. The molecular formula is C23H28N4O4. The van der Waals surface area contributed by atoms with Crippen molar-refractivity contribution < 1.29 is 18.9 Å². The van der Waals surface area contributed by atoms with Gasteiger partial charge in [0.05, 0.1) is 5.92 Å². The Morgan fingerprint density at radius 1 is 1.16 bits per heavy atom. The van der Waals surface area contributed by atoms with E-state index in [0.717, 1.165) is 29.7 Å². The van der Waals surface area contributed by atoms with E-state index >= 15 is 0 Å². The SMILES string of the molecule is CC(=O)NCc1ccc([C@H]2CN(C(=O)c3cc(C4CC4)on3)C[C@@H]2C(=O)N(C)C)cc1. The number of carbonyl (C=O) groups is 3. The van der Waals surface area contributed by atoms with Crippen molar-refractivity contribution in [3.05, 3.63) is 52.9 Å². The molecule has 1 aliphatic heterocycles. The van der Waals surface area contributed by atoms with Gasteiger partial charge in [0, 0.05) is 58.6 Å². The van der Waals surface area contributed by atoms with E-state index in [1.54, 1.807) is 30.0 Å². The highest BCUT2D eigenvalue weighted by molar-refractivity contribution is 5.93. The van der Waals surface area contributed by atoms with Crippen LogP contribution in [0.15, 0.2) is 34.9 Å². The van der Waals surface area contributed by atoms with Crippen molar-refractivity contribution >= 4 is 17.7 Å². The summed E-state index contributed by atoms with van der Waals surface area (Å²) in [5, 5.41) is 6.75. The van der Waals surface area contributed by atoms with Crippen LogP contribution in [0, 0.1) is 5.92 Å². The molecule has 2 aromatic rings. The molecule has 1 saturated heterocycles. The second-order valence-corrected chi connectivity index (χ2v) is 8.70. The summed E-state index contributed by atoms with van der Waals surface area (Å²) in [6.45, 7) is 2.73. The first-order chi connectivity index (χ1) is 14.8. The predicted molar refractivity (Wildman–Crippen MR) is 113 cm³/mol. The Balaban J connectivity index is 1.52. The molecule has 8 nitrogen and oxygen atoms in total. The van der Waals surface area contributed by atoms with E-state index in [2.05, 4.69) is 10.5 Å². The van der Waals surface area contributed by atoms with Gasteiger partial charge in [0.2, 0.25) is 11.8 Å². The maximum atomic E-state index is 13.1. The van der Waals surface area contributed by atoms with Gasteiger partial charge in [-0.25, -0.2) is 0 Å². The first kappa shape index (κ1) is 21.1. The average Bonchev–Trinajstić information content (AvgIpc) is 3.32. The fourth-order valence-corrected chi connectivity index (χ4v) is 4.11. The molecule has 0 bridgehead atoms. The molecule has 1 aromatic heterocycles. The predicted octanol–water partition coefficient (Wildman–Crippen LogP) is 2.13. The molecule has 4 rings (SSSR count). The van der Waals surface area contributed by atoms with Crippen LogP contribution in [0.25, 0.3) is 0 Å². The number of nitrogens with one attached hydrogen (secondary N) is 1.